The summed E-state index contributed by atoms with van der Waals surface area (Å²) in [5, 5.41) is 2.62. The summed E-state index contributed by atoms with van der Waals surface area (Å²) in [6, 6.07) is -0.865. The lowest BCUT2D eigenvalue weighted by atomic mass is 9.89. The fraction of sp³-hybridized carbons (Fsp3) is 0.643. The van der Waals surface area contributed by atoms with E-state index >= 15 is 0 Å². The molecular formula is C14H22N4O3. The Bertz CT molecular complexity index is 526. The third kappa shape index (κ3) is 2.72. The highest BCUT2D eigenvalue weighted by Crippen LogP contribution is 2.36. The SMILES string of the molecule is CCOC(=O)N1C(C(=O)NC)Cc2[nH]cnc2C1C(C)C. The molecule has 1 aliphatic rings. The highest BCUT2D eigenvalue weighted by atomic mass is 16.6. The fourth-order valence-electron chi connectivity index (χ4n) is 2.83. The second-order valence-corrected chi connectivity index (χ2v) is 5.40. The smallest absolute Gasteiger partial charge is 0.411 e. The number of ether oxygens (including phenoxy) is 1. The molecular weight excluding hydrogens is 272 g/mol. The molecule has 2 amide bonds. The first-order chi connectivity index (χ1) is 10.0. The number of hydrogen-bond acceptors (Lipinski definition) is 4. The van der Waals surface area contributed by atoms with E-state index in [1.54, 1.807) is 20.3 Å². The number of imidazole rings is 1. The van der Waals surface area contributed by atoms with E-state index in [0.29, 0.717) is 6.42 Å². The van der Waals surface area contributed by atoms with Gasteiger partial charge in [-0.3, -0.25) is 9.69 Å². The molecule has 2 N–H and O–H groups in total. The van der Waals surface area contributed by atoms with Crippen LogP contribution in [0.2, 0.25) is 0 Å². The Kier molecular flexibility index (Phi) is 4.50. The van der Waals surface area contributed by atoms with Gasteiger partial charge in [-0.1, -0.05) is 13.8 Å². The van der Waals surface area contributed by atoms with Crippen LogP contribution in [0.15, 0.2) is 6.33 Å². The molecule has 0 fully saturated rings. The van der Waals surface area contributed by atoms with Crippen LogP contribution in [0.25, 0.3) is 0 Å². The Labute approximate surface area is 124 Å². The number of H-pyrrole nitrogens is 1. The maximum Gasteiger partial charge on any atom is 0.411 e. The van der Waals surface area contributed by atoms with Gasteiger partial charge in [-0.05, 0) is 12.8 Å². The third-order valence-corrected chi connectivity index (χ3v) is 3.72. The zero-order valence-corrected chi connectivity index (χ0v) is 12.8. The van der Waals surface area contributed by atoms with Crippen molar-refractivity contribution in [1.29, 1.82) is 0 Å². The largest absolute Gasteiger partial charge is 0.450 e. The lowest BCUT2D eigenvalue weighted by Crippen LogP contribution is -2.55. The van der Waals surface area contributed by atoms with Crippen LogP contribution < -0.4 is 5.32 Å². The van der Waals surface area contributed by atoms with Crippen LogP contribution in [0, 0.1) is 5.92 Å². The van der Waals surface area contributed by atoms with Crippen LogP contribution in [-0.4, -0.2) is 46.6 Å². The lowest BCUT2D eigenvalue weighted by molar-refractivity contribution is -0.127. The first-order valence-corrected chi connectivity index (χ1v) is 7.20. The van der Waals surface area contributed by atoms with E-state index < -0.39 is 12.1 Å². The molecule has 1 aromatic heterocycles. The summed E-state index contributed by atoms with van der Waals surface area (Å²) in [5.41, 5.74) is 1.72. The average Bonchev–Trinajstić information content (AvgIpc) is 2.92. The summed E-state index contributed by atoms with van der Waals surface area (Å²) in [4.78, 5) is 33.5. The molecule has 21 heavy (non-hydrogen) atoms. The summed E-state index contributed by atoms with van der Waals surface area (Å²) >= 11 is 0. The van der Waals surface area contributed by atoms with Gasteiger partial charge < -0.3 is 15.0 Å². The van der Waals surface area contributed by atoms with Gasteiger partial charge in [-0.2, -0.15) is 0 Å². The monoisotopic (exact) mass is 294 g/mol. The van der Waals surface area contributed by atoms with Crippen molar-refractivity contribution in [1.82, 2.24) is 20.2 Å². The molecule has 0 spiro atoms. The van der Waals surface area contributed by atoms with E-state index in [0.717, 1.165) is 11.4 Å². The Hall–Kier alpha value is -2.05. The number of fused-ring (bicyclic) bond motifs is 1. The molecule has 2 rings (SSSR count). The number of rotatable bonds is 3. The second kappa shape index (κ2) is 6.15. The van der Waals surface area contributed by atoms with Gasteiger partial charge in [-0.25, -0.2) is 9.78 Å². The Morgan fingerprint density at radius 2 is 2.29 bits per heavy atom. The van der Waals surface area contributed by atoms with Gasteiger partial charge in [0, 0.05) is 19.2 Å². The van der Waals surface area contributed by atoms with Crippen LogP contribution in [-0.2, 0) is 16.0 Å². The maximum absolute atomic E-state index is 12.4. The molecule has 0 saturated carbocycles. The first-order valence-electron chi connectivity index (χ1n) is 7.20. The second-order valence-electron chi connectivity index (χ2n) is 5.40. The topological polar surface area (TPSA) is 87.3 Å². The maximum atomic E-state index is 12.4. The fourth-order valence-corrected chi connectivity index (χ4v) is 2.83. The van der Waals surface area contributed by atoms with Gasteiger partial charge in [-0.15, -0.1) is 0 Å². The highest BCUT2D eigenvalue weighted by Gasteiger charge is 2.44. The summed E-state index contributed by atoms with van der Waals surface area (Å²) in [5.74, 6) is -0.0853. The zero-order chi connectivity index (χ0) is 15.6. The molecule has 1 aromatic rings. The quantitative estimate of drug-likeness (QED) is 0.878. The molecule has 7 heteroatoms. The number of nitrogens with one attached hydrogen (secondary N) is 2. The minimum absolute atomic E-state index is 0.115. The number of carbonyl (C=O) groups is 2. The molecule has 0 aromatic carbocycles. The van der Waals surface area contributed by atoms with Crippen molar-refractivity contribution in [3.8, 4) is 0 Å². The summed E-state index contributed by atoms with van der Waals surface area (Å²) in [6.45, 7) is 6.03. The molecule has 0 bridgehead atoms. The average molecular weight is 294 g/mol. The number of aromatic amines is 1. The molecule has 0 aliphatic carbocycles. The Morgan fingerprint density at radius 1 is 1.57 bits per heavy atom. The van der Waals surface area contributed by atoms with Crippen molar-refractivity contribution in [3.63, 3.8) is 0 Å². The van der Waals surface area contributed by atoms with Gasteiger partial charge in [0.05, 0.1) is 24.7 Å². The minimum Gasteiger partial charge on any atom is -0.450 e. The predicted molar refractivity (Wildman–Crippen MR) is 76.6 cm³/mol. The van der Waals surface area contributed by atoms with E-state index in [-0.39, 0.29) is 24.5 Å². The molecule has 2 heterocycles. The van der Waals surface area contributed by atoms with Gasteiger partial charge in [0.2, 0.25) is 5.91 Å². The number of amides is 2. The van der Waals surface area contributed by atoms with Gasteiger partial charge in [0.25, 0.3) is 0 Å². The van der Waals surface area contributed by atoms with Crippen LogP contribution in [0.4, 0.5) is 4.79 Å². The molecule has 0 radical (unpaired) electrons. The highest BCUT2D eigenvalue weighted by molar-refractivity contribution is 5.86. The zero-order valence-electron chi connectivity index (χ0n) is 12.8. The molecule has 7 nitrogen and oxygen atoms in total. The van der Waals surface area contributed by atoms with Crippen molar-refractivity contribution in [2.75, 3.05) is 13.7 Å². The van der Waals surface area contributed by atoms with E-state index in [4.69, 9.17) is 4.74 Å². The standard InChI is InChI=1S/C14H22N4O3/c1-5-21-14(20)18-10(13(19)15-4)6-9-11(17-7-16-9)12(18)8(2)3/h7-8,10,12H,5-6H2,1-4H3,(H,15,19)(H,16,17). The summed E-state index contributed by atoms with van der Waals surface area (Å²) in [6.07, 6.45) is 1.55. The normalized spacial score (nSPS) is 21.1. The van der Waals surface area contributed by atoms with Crippen molar-refractivity contribution in [2.24, 2.45) is 5.92 Å². The Balaban J connectivity index is 2.46. The van der Waals surface area contributed by atoms with Crippen molar-refractivity contribution in [3.05, 3.63) is 17.7 Å². The minimum atomic E-state index is -0.589. The van der Waals surface area contributed by atoms with Crippen LogP contribution in [0.5, 0.6) is 0 Å². The number of aromatic nitrogens is 2. The molecule has 2 unspecified atom stereocenters. The van der Waals surface area contributed by atoms with Gasteiger partial charge in [0.15, 0.2) is 0 Å². The Morgan fingerprint density at radius 3 is 2.86 bits per heavy atom. The lowest BCUT2D eigenvalue weighted by Gasteiger charge is -2.41. The summed E-state index contributed by atoms with van der Waals surface area (Å²) in [7, 11) is 1.57. The van der Waals surface area contributed by atoms with Gasteiger partial charge >= 0.3 is 6.09 Å². The number of carbonyl (C=O) groups excluding carboxylic acids is 2. The van der Waals surface area contributed by atoms with Crippen LogP contribution >= 0.6 is 0 Å². The molecule has 0 saturated heterocycles. The van der Waals surface area contributed by atoms with Crippen molar-refractivity contribution in [2.45, 2.75) is 39.3 Å². The van der Waals surface area contributed by atoms with E-state index in [2.05, 4.69) is 15.3 Å². The summed E-state index contributed by atoms with van der Waals surface area (Å²) < 4.78 is 5.15. The predicted octanol–water partition coefficient (Wildman–Crippen LogP) is 1.24. The molecule has 1 aliphatic heterocycles. The van der Waals surface area contributed by atoms with E-state index in [9.17, 15) is 9.59 Å². The van der Waals surface area contributed by atoms with E-state index in [1.165, 1.54) is 4.90 Å². The van der Waals surface area contributed by atoms with Crippen LogP contribution in [0.1, 0.15) is 38.2 Å². The number of likely N-dealkylation sites (N-methyl/N-ethyl adjacent to an activating group) is 1. The van der Waals surface area contributed by atoms with Gasteiger partial charge in [0.1, 0.15) is 6.04 Å². The van der Waals surface area contributed by atoms with Crippen LogP contribution in [0.3, 0.4) is 0 Å². The van der Waals surface area contributed by atoms with Crippen molar-refractivity contribution >= 4 is 12.0 Å². The molecule has 2 atom stereocenters. The number of hydrogen-bond donors (Lipinski definition) is 2. The van der Waals surface area contributed by atoms with Crippen molar-refractivity contribution < 1.29 is 14.3 Å². The third-order valence-electron chi connectivity index (χ3n) is 3.72. The number of nitrogens with zero attached hydrogens (tertiary/aromatic N) is 2. The molecule has 116 valence electrons. The van der Waals surface area contributed by atoms with E-state index in [1.807, 2.05) is 13.8 Å². The first kappa shape index (κ1) is 15.3.